The van der Waals surface area contributed by atoms with E-state index in [1.807, 2.05) is 53.1 Å². The molecule has 0 aliphatic rings. The summed E-state index contributed by atoms with van der Waals surface area (Å²) < 4.78 is 1.90. The highest BCUT2D eigenvalue weighted by Gasteiger charge is 2.17. The molecule has 9 heteroatoms. The highest BCUT2D eigenvalue weighted by atomic mass is 35.5. The summed E-state index contributed by atoms with van der Waals surface area (Å²) in [6.45, 7) is 0. The zero-order chi connectivity index (χ0) is 26.6. The molecule has 0 fully saturated rings. The molecular weight excluding hydrogens is 528 g/mol. The molecule has 6 aromatic rings. The number of thioether (sulfide) groups is 1. The van der Waals surface area contributed by atoms with E-state index >= 15 is 0 Å². The summed E-state index contributed by atoms with van der Waals surface area (Å²) in [5.74, 6) is 0.496. The number of carbonyl (C=O) groups is 1. The maximum absolute atomic E-state index is 12.8. The van der Waals surface area contributed by atoms with Crippen LogP contribution in [-0.4, -0.2) is 37.6 Å². The first kappa shape index (κ1) is 24.8. The third kappa shape index (κ3) is 5.25. The van der Waals surface area contributed by atoms with E-state index in [9.17, 15) is 4.79 Å². The number of nitrogens with zero attached hydrogens (tertiary/aromatic N) is 5. The van der Waals surface area contributed by atoms with Crippen molar-refractivity contribution >= 4 is 57.0 Å². The van der Waals surface area contributed by atoms with Crippen LogP contribution in [0.3, 0.4) is 0 Å². The molecule has 0 unspecified atom stereocenters. The van der Waals surface area contributed by atoms with Gasteiger partial charge < -0.3 is 0 Å². The summed E-state index contributed by atoms with van der Waals surface area (Å²) in [6.07, 6.45) is 5.12. The van der Waals surface area contributed by atoms with Gasteiger partial charge in [-0.25, -0.2) is 5.43 Å². The molecule has 0 saturated heterocycles. The van der Waals surface area contributed by atoms with Crippen LogP contribution in [0.4, 0.5) is 0 Å². The molecule has 7 nitrogen and oxygen atoms in total. The van der Waals surface area contributed by atoms with E-state index in [-0.39, 0.29) is 11.7 Å². The van der Waals surface area contributed by atoms with Gasteiger partial charge in [0.05, 0.1) is 12.0 Å². The average Bonchev–Trinajstić information content (AvgIpc) is 3.40. The first-order valence-corrected chi connectivity index (χ1v) is 13.5. The molecule has 0 bridgehead atoms. The minimum absolute atomic E-state index is 0.107. The summed E-state index contributed by atoms with van der Waals surface area (Å²) in [5, 5.41) is 18.6. The Bertz CT molecular complexity index is 1770. The first-order chi connectivity index (χ1) is 19.2. The summed E-state index contributed by atoms with van der Waals surface area (Å²) in [5.41, 5.74) is 5.31. The van der Waals surface area contributed by atoms with Crippen molar-refractivity contribution in [2.75, 3.05) is 5.75 Å². The minimum Gasteiger partial charge on any atom is -0.272 e. The van der Waals surface area contributed by atoms with Crippen molar-refractivity contribution in [3.05, 3.63) is 114 Å². The molecule has 1 amide bonds. The molecule has 1 N–H and O–H groups in total. The Labute approximate surface area is 233 Å². The van der Waals surface area contributed by atoms with Gasteiger partial charge in [-0.2, -0.15) is 5.10 Å². The molecule has 0 aliphatic heterocycles. The van der Waals surface area contributed by atoms with Gasteiger partial charge in [0, 0.05) is 34.2 Å². The number of rotatable bonds is 7. The van der Waals surface area contributed by atoms with Crippen molar-refractivity contribution in [1.82, 2.24) is 25.2 Å². The lowest BCUT2D eigenvalue weighted by molar-refractivity contribution is -0.118. The van der Waals surface area contributed by atoms with E-state index < -0.39 is 0 Å². The smallest absolute Gasteiger partial charge is 0.250 e. The third-order valence-electron chi connectivity index (χ3n) is 6.18. The van der Waals surface area contributed by atoms with Crippen molar-refractivity contribution < 1.29 is 4.79 Å². The monoisotopic (exact) mass is 548 g/mol. The number of aromatic nitrogens is 4. The molecule has 0 atom stereocenters. The highest BCUT2D eigenvalue weighted by molar-refractivity contribution is 7.99. The largest absolute Gasteiger partial charge is 0.272 e. The zero-order valence-corrected chi connectivity index (χ0v) is 22.1. The lowest BCUT2D eigenvalue weighted by Gasteiger charge is -2.10. The lowest BCUT2D eigenvalue weighted by atomic mass is 9.97. The van der Waals surface area contributed by atoms with Gasteiger partial charge in [-0.15, -0.1) is 10.2 Å². The molecule has 6 rings (SSSR count). The summed E-state index contributed by atoms with van der Waals surface area (Å²) in [6, 6.07) is 29.6. The van der Waals surface area contributed by atoms with Crippen LogP contribution in [0.5, 0.6) is 0 Å². The number of hydrazone groups is 1. The molecule has 39 heavy (non-hydrogen) atoms. The van der Waals surface area contributed by atoms with Gasteiger partial charge in [0.2, 0.25) is 0 Å². The van der Waals surface area contributed by atoms with Crippen LogP contribution in [0.25, 0.3) is 38.6 Å². The Hall–Kier alpha value is -4.53. The molecule has 0 spiro atoms. The van der Waals surface area contributed by atoms with Gasteiger partial charge in [0.1, 0.15) is 0 Å². The highest BCUT2D eigenvalue weighted by Crippen LogP contribution is 2.29. The van der Waals surface area contributed by atoms with Crippen LogP contribution >= 0.6 is 23.4 Å². The Morgan fingerprint density at radius 2 is 1.56 bits per heavy atom. The van der Waals surface area contributed by atoms with Gasteiger partial charge in [-0.1, -0.05) is 71.9 Å². The molecule has 2 heterocycles. The fraction of sp³-hybridized carbons (Fsp3) is 0.0333. The quantitative estimate of drug-likeness (QED) is 0.106. The number of carbonyl (C=O) groups excluding carboxylic acids is 1. The second kappa shape index (κ2) is 11.1. The van der Waals surface area contributed by atoms with Gasteiger partial charge in [-0.3, -0.25) is 14.3 Å². The number of halogens is 1. The minimum atomic E-state index is -0.253. The van der Waals surface area contributed by atoms with E-state index in [0.29, 0.717) is 16.0 Å². The molecule has 0 aliphatic carbocycles. The van der Waals surface area contributed by atoms with Crippen molar-refractivity contribution in [3.63, 3.8) is 0 Å². The van der Waals surface area contributed by atoms with Gasteiger partial charge in [-0.05, 0) is 64.0 Å². The van der Waals surface area contributed by atoms with E-state index in [2.05, 4.69) is 56.0 Å². The zero-order valence-electron chi connectivity index (χ0n) is 20.5. The van der Waals surface area contributed by atoms with Crippen LogP contribution in [-0.2, 0) is 4.79 Å². The van der Waals surface area contributed by atoms with E-state index in [4.69, 9.17) is 11.6 Å². The molecule has 0 radical (unpaired) electrons. The Balaban J connectivity index is 1.22. The fourth-order valence-electron chi connectivity index (χ4n) is 4.39. The number of pyridine rings is 1. The molecule has 0 saturated carbocycles. The first-order valence-electron chi connectivity index (χ1n) is 12.1. The maximum atomic E-state index is 12.8. The van der Waals surface area contributed by atoms with Gasteiger partial charge in [0.15, 0.2) is 11.0 Å². The van der Waals surface area contributed by atoms with Crippen LogP contribution in [0.2, 0.25) is 5.02 Å². The lowest BCUT2D eigenvalue weighted by Crippen LogP contribution is -2.20. The number of benzene rings is 4. The topological polar surface area (TPSA) is 85.1 Å². The molecule has 190 valence electrons. The number of fused-ring (bicyclic) bond motifs is 2. The predicted octanol–water partition coefficient (Wildman–Crippen LogP) is 6.53. The summed E-state index contributed by atoms with van der Waals surface area (Å²) >= 11 is 7.39. The molecular formula is C30H21ClN6OS. The van der Waals surface area contributed by atoms with Crippen molar-refractivity contribution in [2.24, 2.45) is 5.10 Å². The number of hydrogen-bond acceptors (Lipinski definition) is 6. The van der Waals surface area contributed by atoms with Crippen molar-refractivity contribution in [2.45, 2.75) is 5.16 Å². The van der Waals surface area contributed by atoms with Crippen LogP contribution in [0.15, 0.2) is 114 Å². The second-order valence-electron chi connectivity index (χ2n) is 8.67. The van der Waals surface area contributed by atoms with Gasteiger partial charge in [0.25, 0.3) is 5.91 Å². The van der Waals surface area contributed by atoms with Crippen LogP contribution in [0.1, 0.15) is 5.56 Å². The Kier molecular flexibility index (Phi) is 7.03. The van der Waals surface area contributed by atoms with Crippen molar-refractivity contribution in [1.29, 1.82) is 0 Å². The standard InChI is InChI=1S/C30H21ClN6OS/c31-23-9-11-24(12-10-23)37-29(20-13-15-32-16-14-20)35-36-30(37)39-19-28(38)34-33-18-27-25-7-3-1-5-21(25)17-22-6-2-4-8-26(22)27/h1-18H,19H2,(H,34,38)/b33-18+. The molecule has 4 aromatic carbocycles. The van der Waals surface area contributed by atoms with E-state index in [1.54, 1.807) is 30.7 Å². The normalized spacial score (nSPS) is 11.4. The third-order valence-corrected chi connectivity index (χ3v) is 7.37. The Morgan fingerprint density at radius 1 is 0.897 bits per heavy atom. The fourth-order valence-corrected chi connectivity index (χ4v) is 5.26. The second-order valence-corrected chi connectivity index (χ2v) is 10.0. The SMILES string of the molecule is O=C(CSc1nnc(-c2ccncc2)n1-c1ccc(Cl)cc1)N/N=C/c1c2ccccc2cc2ccccc12. The number of nitrogens with one attached hydrogen (secondary N) is 1. The van der Waals surface area contributed by atoms with Crippen LogP contribution < -0.4 is 5.43 Å². The van der Waals surface area contributed by atoms with E-state index in [1.165, 1.54) is 11.8 Å². The molecule has 2 aromatic heterocycles. The summed E-state index contributed by atoms with van der Waals surface area (Å²) in [4.78, 5) is 16.9. The van der Waals surface area contributed by atoms with E-state index in [0.717, 1.165) is 38.4 Å². The van der Waals surface area contributed by atoms with Gasteiger partial charge >= 0.3 is 0 Å². The number of amides is 1. The average molecular weight is 549 g/mol. The van der Waals surface area contributed by atoms with Crippen molar-refractivity contribution in [3.8, 4) is 17.1 Å². The Morgan fingerprint density at radius 3 is 2.26 bits per heavy atom. The van der Waals surface area contributed by atoms with Crippen LogP contribution in [0, 0.1) is 0 Å². The summed E-state index contributed by atoms with van der Waals surface area (Å²) in [7, 11) is 0. The predicted molar refractivity (Wildman–Crippen MR) is 158 cm³/mol. The number of hydrogen-bond donors (Lipinski definition) is 1. The maximum Gasteiger partial charge on any atom is 0.250 e.